The fourth-order valence-corrected chi connectivity index (χ4v) is 1.70. The first-order valence-corrected chi connectivity index (χ1v) is 5.88. The number of hydrogen-bond donors (Lipinski definition) is 1. The number of nitrogens with zero attached hydrogens (tertiary/aromatic N) is 1. The maximum atomic E-state index is 11.4. The summed E-state index contributed by atoms with van der Waals surface area (Å²) in [5.74, 6) is 0.528. The predicted octanol–water partition coefficient (Wildman–Crippen LogP) is 2.16. The molecule has 0 radical (unpaired) electrons. The molecule has 0 amide bonds. The summed E-state index contributed by atoms with van der Waals surface area (Å²) in [6.45, 7) is 0.817. The maximum absolute atomic E-state index is 11.4. The first-order valence-electron chi connectivity index (χ1n) is 5.50. The van der Waals surface area contributed by atoms with Gasteiger partial charge in [0.1, 0.15) is 12.4 Å². The van der Waals surface area contributed by atoms with Gasteiger partial charge < -0.3 is 15.0 Å². The quantitative estimate of drug-likeness (QED) is 0.861. The highest BCUT2D eigenvalue weighted by molar-refractivity contribution is 6.32. The number of rotatable bonds is 4. The number of halogens is 1. The summed E-state index contributed by atoms with van der Waals surface area (Å²) >= 11 is 5.96. The van der Waals surface area contributed by atoms with Crippen LogP contribution in [0.2, 0.25) is 5.02 Å². The standard InChI is InChI=1S/C13H13ClN2O2/c14-11-5-4-10(15)9-12(11)18-8-7-16-6-2-1-3-13(16)17/h1-6,9H,7-8,15H2. The molecule has 0 aliphatic carbocycles. The summed E-state index contributed by atoms with van der Waals surface area (Å²) < 4.78 is 7.07. The second kappa shape index (κ2) is 5.60. The molecule has 2 aromatic rings. The Morgan fingerprint density at radius 1 is 1.28 bits per heavy atom. The van der Waals surface area contributed by atoms with Gasteiger partial charge >= 0.3 is 0 Å². The monoisotopic (exact) mass is 264 g/mol. The minimum atomic E-state index is -0.0558. The Morgan fingerprint density at radius 2 is 2.11 bits per heavy atom. The molecule has 0 aliphatic heterocycles. The van der Waals surface area contributed by atoms with E-state index in [-0.39, 0.29) is 5.56 Å². The summed E-state index contributed by atoms with van der Waals surface area (Å²) in [4.78, 5) is 11.4. The zero-order valence-corrected chi connectivity index (χ0v) is 10.4. The number of ether oxygens (including phenoxy) is 1. The van der Waals surface area contributed by atoms with E-state index < -0.39 is 0 Å². The van der Waals surface area contributed by atoms with E-state index in [0.717, 1.165) is 0 Å². The van der Waals surface area contributed by atoms with Gasteiger partial charge in [0.15, 0.2) is 0 Å². The number of hydrogen-bond acceptors (Lipinski definition) is 3. The highest BCUT2D eigenvalue weighted by Gasteiger charge is 2.02. The number of anilines is 1. The second-order valence-corrected chi connectivity index (χ2v) is 4.18. The molecule has 18 heavy (non-hydrogen) atoms. The molecule has 0 fully saturated rings. The minimum absolute atomic E-state index is 0.0558. The second-order valence-electron chi connectivity index (χ2n) is 3.77. The van der Waals surface area contributed by atoms with Crippen molar-refractivity contribution in [3.05, 3.63) is 58.0 Å². The average Bonchev–Trinajstić information content (AvgIpc) is 2.36. The van der Waals surface area contributed by atoms with E-state index >= 15 is 0 Å². The normalized spacial score (nSPS) is 10.3. The van der Waals surface area contributed by atoms with Crippen molar-refractivity contribution in [3.63, 3.8) is 0 Å². The molecular weight excluding hydrogens is 252 g/mol. The van der Waals surface area contributed by atoms with Crippen molar-refractivity contribution in [1.29, 1.82) is 0 Å². The summed E-state index contributed by atoms with van der Waals surface area (Å²) in [5.41, 5.74) is 6.17. The highest BCUT2D eigenvalue weighted by atomic mass is 35.5. The van der Waals surface area contributed by atoms with Crippen molar-refractivity contribution in [2.75, 3.05) is 12.3 Å². The highest BCUT2D eigenvalue weighted by Crippen LogP contribution is 2.26. The Labute approximate surface area is 110 Å². The molecule has 4 nitrogen and oxygen atoms in total. The zero-order valence-electron chi connectivity index (χ0n) is 9.67. The molecule has 5 heteroatoms. The number of nitrogen functional groups attached to an aromatic ring is 1. The third-order valence-electron chi connectivity index (χ3n) is 2.44. The number of aromatic nitrogens is 1. The fraction of sp³-hybridized carbons (Fsp3) is 0.154. The van der Waals surface area contributed by atoms with Gasteiger partial charge in [-0.25, -0.2) is 0 Å². The van der Waals surface area contributed by atoms with Crippen molar-refractivity contribution >= 4 is 17.3 Å². The van der Waals surface area contributed by atoms with Crippen LogP contribution >= 0.6 is 11.6 Å². The van der Waals surface area contributed by atoms with Crippen LogP contribution in [-0.4, -0.2) is 11.2 Å². The van der Waals surface area contributed by atoms with E-state index in [0.29, 0.717) is 29.6 Å². The average molecular weight is 265 g/mol. The SMILES string of the molecule is Nc1ccc(Cl)c(OCCn2ccccc2=O)c1. The summed E-state index contributed by atoms with van der Waals surface area (Å²) in [7, 11) is 0. The lowest BCUT2D eigenvalue weighted by Gasteiger charge is -2.09. The summed E-state index contributed by atoms with van der Waals surface area (Å²) in [5, 5.41) is 0.504. The lowest BCUT2D eigenvalue weighted by molar-refractivity contribution is 0.296. The van der Waals surface area contributed by atoms with E-state index in [2.05, 4.69) is 0 Å². The van der Waals surface area contributed by atoms with E-state index in [1.54, 1.807) is 41.1 Å². The molecule has 1 aromatic carbocycles. The Bertz CT molecular complexity index is 596. The van der Waals surface area contributed by atoms with E-state index in [1.807, 2.05) is 0 Å². The Balaban J connectivity index is 1.99. The molecule has 0 saturated heterocycles. The molecule has 0 spiro atoms. The van der Waals surface area contributed by atoms with Gasteiger partial charge in [-0.05, 0) is 18.2 Å². The molecule has 2 N–H and O–H groups in total. The Morgan fingerprint density at radius 3 is 2.89 bits per heavy atom. The first-order chi connectivity index (χ1) is 8.66. The molecule has 0 bridgehead atoms. The number of nitrogens with two attached hydrogens (primary N) is 1. The van der Waals surface area contributed by atoms with E-state index in [1.165, 1.54) is 6.07 Å². The van der Waals surface area contributed by atoms with Gasteiger partial charge in [0, 0.05) is 24.0 Å². The van der Waals surface area contributed by atoms with Gasteiger partial charge in [0.05, 0.1) is 11.6 Å². The fourth-order valence-electron chi connectivity index (χ4n) is 1.53. The molecule has 94 valence electrons. The van der Waals surface area contributed by atoms with Crippen molar-refractivity contribution in [2.24, 2.45) is 0 Å². The van der Waals surface area contributed by atoms with Gasteiger partial charge in [-0.1, -0.05) is 17.7 Å². The molecule has 0 atom stereocenters. The van der Waals surface area contributed by atoms with Gasteiger partial charge in [0.2, 0.25) is 0 Å². The molecule has 1 heterocycles. The van der Waals surface area contributed by atoms with Crippen molar-refractivity contribution in [2.45, 2.75) is 6.54 Å². The van der Waals surface area contributed by atoms with Gasteiger partial charge in [0.25, 0.3) is 5.56 Å². The summed E-state index contributed by atoms with van der Waals surface area (Å²) in [6.07, 6.45) is 1.71. The molecule has 0 saturated carbocycles. The van der Waals surface area contributed by atoms with Gasteiger partial charge in [-0.3, -0.25) is 4.79 Å². The van der Waals surface area contributed by atoms with Crippen LogP contribution in [-0.2, 0) is 6.54 Å². The topological polar surface area (TPSA) is 57.2 Å². The zero-order chi connectivity index (χ0) is 13.0. The van der Waals surface area contributed by atoms with Crippen LogP contribution in [0.5, 0.6) is 5.75 Å². The third-order valence-corrected chi connectivity index (χ3v) is 2.76. The molecule has 1 aromatic heterocycles. The third kappa shape index (κ3) is 3.05. The minimum Gasteiger partial charge on any atom is -0.490 e. The van der Waals surface area contributed by atoms with Crippen molar-refractivity contribution in [1.82, 2.24) is 4.57 Å². The molecule has 0 aliphatic rings. The van der Waals surface area contributed by atoms with Crippen LogP contribution in [0.4, 0.5) is 5.69 Å². The summed E-state index contributed by atoms with van der Waals surface area (Å²) in [6, 6.07) is 10.1. The number of pyridine rings is 1. The van der Waals surface area contributed by atoms with Crippen LogP contribution in [0, 0.1) is 0 Å². The predicted molar refractivity (Wildman–Crippen MR) is 72.1 cm³/mol. The molecule has 0 unspecified atom stereocenters. The lowest BCUT2D eigenvalue weighted by Crippen LogP contribution is -2.21. The van der Waals surface area contributed by atoms with E-state index in [4.69, 9.17) is 22.1 Å². The van der Waals surface area contributed by atoms with Crippen LogP contribution in [0.1, 0.15) is 0 Å². The Hall–Kier alpha value is -1.94. The Kier molecular flexibility index (Phi) is 3.89. The van der Waals surface area contributed by atoms with Crippen molar-refractivity contribution in [3.8, 4) is 5.75 Å². The van der Waals surface area contributed by atoms with Crippen LogP contribution in [0.25, 0.3) is 0 Å². The smallest absolute Gasteiger partial charge is 0.250 e. The molecule has 2 rings (SSSR count). The lowest BCUT2D eigenvalue weighted by atomic mass is 10.3. The van der Waals surface area contributed by atoms with E-state index in [9.17, 15) is 4.79 Å². The largest absolute Gasteiger partial charge is 0.490 e. The number of benzene rings is 1. The van der Waals surface area contributed by atoms with Gasteiger partial charge in [-0.2, -0.15) is 0 Å². The van der Waals surface area contributed by atoms with Gasteiger partial charge in [-0.15, -0.1) is 0 Å². The van der Waals surface area contributed by atoms with Crippen LogP contribution in [0.3, 0.4) is 0 Å². The van der Waals surface area contributed by atoms with Crippen LogP contribution in [0.15, 0.2) is 47.4 Å². The first kappa shape index (κ1) is 12.5. The van der Waals surface area contributed by atoms with Crippen LogP contribution < -0.4 is 16.0 Å². The van der Waals surface area contributed by atoms with Crippen molar-refractivity contribution < 1.29 is 4.74 Å². The molecular formula is C13H13ClN2O2. The maximum Gasteiger partial charge on any atom is 0.250 e.